The van der Waals surface area contributed by atoms with Crippen molar-refractivity contribution in [3.8, 4) is 0 Å². The molecule has 1 aliphatic rings. The van der Waals surface area contributed by atoms with Crippen LogP contribution in [-0.2, 0) is 6.42 Å². The monoisotopic (exact) mass is 269 g/mol. The first-order valence-corrected chi connectivity index (χ1v) is 6.57. The molecule has 102 valence electrons. The van der Waals surface area contributed by atoms with Crippen LogP contribution in [0.15, 0.2) is 36.5 Å². The first-order valence-electron chi connectivity index (χ1n) is 6.57. The maximum absolute atomic E-state index is 11.0. The minimum absolute atomic E-state index is 0.0192. The van der Waals surface area contributed by atoms with Crippen LogP contribution in [0.25, 0.3) is 0 Å². The summed E-state index contributed by atoms with van der Waals surface area (Å²) in [6, 6.07) is 9.52. The number of rotatable bonds is 2. The van der Waals surface area contributed by atoms with E-state index in [0.29, 0.717) is 11.9 Å². The zero-order chi connectivity index (χ0) is 14.1. The molecule has 5 nitrogen and oxygen atoms in total. The Kier molecular flexibility index (Phi) is 3.10. The summed E-state index contributed by atoms with van der Waals surface area (Å²) in [6.45, 7) is 2.96. The highest BCUT2D eigenvalue weighted by atomic mass is 16.4. The lowest BCUT2D eigenvalue weighted by Crippen LogP contribution is -2.31. The summed E-state index contributed by atoms with van der Waals surface area (Å²) in [6.07, 6.45) is 2.51. The highest BCUT2D eigenvalue weighted by Crippen LogP contribution is 2.33. The molecule has 2 aromatic rings. The van der Waals surface area contributed by atoms with Crippen molar-refractivity contribution in [1.29, 1.82) is 0 Å². The van der Waals surface area contributed by atoms with Crippen LogP contribution in [0.5, 0.6) is 0 Å². The lowest BCUT2D eigenvalue weighted by molar-refractivity contribution is 0.0690. The smallest absolute Gasteiger partial charge is 0.354 e. The fourth-order valence-corrected chi connectivity index (χ4v) is 2.58. The van der Waals surface area contributed by atoms with Crippen LogP contribution < -0.4 is 4.90 Å². The molecule has 1 N–H and O–H groups in total. The third-order valence-corrected chi connectivity index (χ3v) is 3.45. The average molecular weight is 269 g/mol. The van der Waals surface area contributed by atoms with Gasteiger partial charge in [-0.2, -0.15) is 0 Å². The number of carboxylic acid groups (broad SMARTS) is 1. The normalized spacial score (nSPS) is 17.6. The molecule has 3 rings (SSSR count). The van der Waals surface area contributed by atoms with Crippen LogP contribution >= 0.6 is 0 Å². The number of carbonyl (C=O) groups is 1. The predicted molar refractivity (Wildman–Crippen MR) is 75.3 cm³/mol. The topological polar surface area (TPSA) is 66.3 Å². The van der Waals surface area contributed by atoms with Gasteiger partial charge in [-0.1, -0.05) is 25.1 Å². The van der Waals surface area contributed by atoms with E-state index in [0.717, 1.165) is 18.7 Å². The van der Waals surface area contributed by atoms with Crippen molar-refractivity contribution in [2.45, 2.75) is 13.3 Å². The van der Waals surface area contributed by atoms with E-state index in [1.54, 1.807) is 0 Å². The Labute approximate surface area is 116 Å². The number of aromatic carboxylic acids is 1. The molecule has 0 saturated heterocycles. The molecule has 1 aromatic heterocycles. The summed E-state index contributed by atoms with van der Waals surface area (Å²) < 4.78 is 0. The van der Waals surface area contributed by atoms with E-state index in [1.807, 2.05) is 23.1 Å². The van der Waals surface area contributed by atoms with Crippen molar-refractivity contribution in [3.63, 3.8) is 0 Å². The molecule has 0 radical (unpaired) electrons. The van der Waals surface area contributed by atoms with Crippen LogP contribution in [0.3, 0.4) is 0 Å². The van der Waals surface area contributed by atoms with E-state index in [9.17, 15) is 4.79 Å². The number of hydrogen-bond acceptors (Lipinski definition) is 4. The highest BCUT2D eigenvalue weighted by Gasteiger charge is 2.24. The Morgan fingerprint density at radius 2 is 2.15 bits per heavy atom. The second kappa shape index (κ2) is 4.92. The molecular formula is C15H15N3O2. The van der Waals surface area contributed by atoms with Gasteiger partial charge in [-0.3, -0.25) is 0 Å². The zero-order valence-corrected chi connectivity index (χ0v) is 11.2. The Hall–Kier alpha value is -2.43. The van der Waals surface area contributed by atoms with Gasteiger partial charge >= 0.3 is 5.97 Å². The van der Waals surface area contributed by atoms with Crippen LogP contribution in [0.2, 0.25) is 0 Å². The van der Waals surface area contributed by atoms with Gasteiger partial charge in [0.05, 0.1) is 0 Å². The number of hydrogen-bond donors (Lipinski definition) is 1. The molecule has 0 aliphatic carbocycles. The van der Waals surface area contributed by atoms with Gasteiger partial charge < -0.3 is 10.0 Å². The van der Waals surface area contributed by atoms with E-state index in [2.05, 4.69) is 23.0 Å². The molecule has 1 unspecified atom stereocenters. The van der Waals surface area contributed by atoms with Gasteiger partial charge in [-0.15, -0.1) is 0 Å². The summed E-state index contributed by atoms with van der Waals surface area (Å²) in [7, 11) is 0. The minimum Gasteiger partial charge on any atom is -0.477 e. The summed E-state index contributed by atoms with van der Waals surface area (Å²) in [5.74, 6) is -0.113. The average Bonchev–Trinajstić information content (AvgIpc) is 2.46. The fourth-order valence-electron chi connectivity index (χ4n) is 2.58. The van der Waals surface area contributed by atoms with E-state index >= 15 is 0 Å². The number of carboxylic acids is 1. The van der Waals surface area contributed by atoms with E-state index in [4.69, 9.17) is 5.11 Å². The Morgan fingerprint density at radius 1 is 1.35 bits per heavy atom. The third-order valence-electron chi connectivity index (χ3n) is 3.45. The number of fused-ring (bicyclic) bond motifs is 1. The quantitative estimate of drug-likeness (QED) is 0.907. The lowest BCUT2D eigenvalue weighted by Gasteiger charge is -2.33. The Bertz CT molecular complexity index is 657. The zero-order valence-electron chi connectivity index (χ0n) is 11.2. The minimum atomic E-state index is -1.04. The highest BCUT2D eigenvalue weighted by molar-refractivity contribution is 5.85. The van der Waals surface area contributed by atoms with Gasteiger partial charge in [-0.05, 0) is 30.0 Å². The predicted octanol–water partition coefficient (Wildman–Crippen LogP) is 2.51. The number of benzene rings is 1. The molecule has 1 aromatic carbocycles. The number of anilines is 2. The molecule has 2 heterocycles. The van der Waals surface area contributed by atoms with Crippen molar-refractivity contribution < 1.29 is 9.90 Å². The largest absolute Gasteiger partial charge is 0.477 e. The summed E-state index contributed by atoms with van der Waals surface area (Å²) in [5, 5.41) is 9.05. The van der Waals surface area contributed by atoms with Gasteiger partial charge in [-0.25, -0.2) is 14.8 Å². The van der Waals surface area contributed by atoms with Crippen molar-refractivity contribution in [3.05, 3.63) is 47.8 Å². The molecule has 0 amide bonds. The molecule has 20 heavy (non-hydrogen) atoms. The molecule has 1 atom stereocenters. The van der Waals surface area contributed by atoms with Gasteiger partial charge in [0.1, 0.15) is 0 Å². The fraction of sp³-hybridized carbons (Fsp3) is 0.267. The van der Waals surface area contributed by atoms with Crippen LogP contribution in [0.4, 0.5) is 11.6 Å². The maximum atomic E-state index is 11.0. The molecule has 0 bridgehead atoms. The second-order valence-corrected chi connectivity index (χ2v) is 5.10. The van der Waals surface area contributed by atoms with Gasteiger partial charge in [0.15, 0.2) is 5.69 Å². The first kappa shape index (κ1) is 12.6. The second-order valence-electron chi connectivity index (χ2n) is 5.10. The number of nitrogens with zero attached hydrogens (tertiary/aromatic N) is 3. The van der Waals surface area contributed by atoms with Crippen LogP contribution in [0, 0.1) is 5.92 Å². The van der Waals surface area contributed by atoms with Crippen molar-refractivity contribution in [2.75, 3.05) is 11.4 Å². The summed E-state index contributed by atoms with van der Waals surface area (Å²) in [5.41, 5.74) is 2.33. The molecule has 0 saturated carbocycles. The summed E-state index contributed by atoms with van der Waals surface area (Å²) >= 11 is 0. The summed E-state index contributed by atoms with van der Waals surface area (Å²) in [4.78, 5) is 21.4. The van der Waals surface area contributed by atoms with Crippen molar-refractivity contribution >= 4 is 17.6 Å². The first-order chi connectivity index (χ1) is 9.65. The van der Waals surface area contributed by atoms with Crippen molar-refractivity contribution in [2.24, 2.45) is 5.92 Å². The van der Waals surface area contributed by atoms with Crippen molar-refractivity contribution in [1.82, 2.24) is 9.97 Å². The molecular weight excluding hydrogens is 254 g/mol. The SMILES string of the molecule is CC1Cc2ccccc2N(c2nccc(C(=O)O)n2)C1. The molecule has 5 heteroatoms. The standard InChI is InChI=1S/C15H15N3O2/c1-10-8-11-4-2-3-5-13(11)18(9-10)15-16-7-6-12(17-15)14(19)20/h2-7,10H,8-9H2,1H3,(H,19,20). The van der Waals surface area contributed by atoms with Crippen LogP contribution in [0.1, 0.15) is 23.0 Å². The van der Waals surface area contributed by atoms with E-state index in [1.165, 1.54) is 17.8 Å². The van der Waals surface area contributed by atoms with E-state index < -0.39 is 5.97 Å². The lowest BCUT2D eigenvalue weighted by atomic mass is 9.94. The van der Waals surface area contributed by atoms with E-state index in [-0.39, 0.29) is 5.69 Å². The number of para-hydroxylation sites is 1. The van der Waals surface area contributed by atoms with Crippen LogP contribution in [-0.4, -0.2) is 27.6 Å². The molecule has 0 spiro atoms. The molecule has 1 aliphatic heterocycles. The van der Waals surface area contributed by atoms with Gasteiger partial charge in [0.2, 0.25) is 5.95 Å². The maximum Gasteiger partial charge on any atom is 0.354 e. The van der Waals surface area contributed by atoms with Gasteiger partial charge in [0.25, 0.3) is 0 Å². The van der Waals surface area contributed by atoms with Gasteiger partial charge in [0, 0.05) is 18.4 Å². The Balaban J connectivity index is 2.06. The number of aromatic nitrogens is 2. The molecule has 0 fully saturated rings. The third kappa shape index (κ3) is 2.22. The Morgan fingerprint density at radius 3 is 2.95 bits per heavy atom.